The van der Waals surface area contributed by atoms with Crippen LogP contribution >= 0.6 is 0 Å². The van der Waals surface area contributed by atoms with Crippen LogP contribution in [0.15, 0.2) is 121 Å². The van der Waals surface area contributed by atoms with Crippen LogP contribution in [0, 0.1) is 17.8 Å². The van der Waals surface area contributed by atoms with Crippen molar-refractivity contribution in [3.05, 3.63) is 144 Å². The van der Waals surface area contributed by atoms with Crippen LogP contribution in [0.2, 0.25) is 0 Å². The molecule has 0 aliphatic rings. The van der Waals surface area contributed by atoms with E-state index in [1.54, 1.807) is 149 Å². The molecule has 726 valence electrons. The van der Waals surface area contributed by atoms with E-state index >= 15 is 0 Å². The van der Waals surface area contributed by atoms with Gasteiger partial charge >= 0.3 is 35.8 Å². The summed E-state index contributed by atoms with van der Waals surface area (Å²) in [6.07, 6.45) is -8.73. The largest absolute Gasteiger partial charge is 0.481 e. The van der Waals surface area contributed by atoms with Crippen LogP contribution < -0.4 is 86.7 Å². The van der Waals surface area contributed by atoms with Crippen LogP contribution in [-0.2, 0) is 122 Å². The summed E-state index contributed by atoms with van der Waals surface area (Å²) in [5, 5.41) is 108. The Morgan fingerprint density at radius 1 is 0.295 bits per heavy atom. The molecule has 0 aliphatic heterocycles. The first-order chi connectivity index (χ1) is 61.5. The lowest BCUT2D eigenvalue weighted by Gasteiger charge is -2.30. The van der Waals surface area contributed by atoms with Crippen LogP contribution in [0.25, 0.3) is 0 Å². The third-order valence-corrected chi connectivity index (χ3v) is 20.4. The number of carbonyl (C=O) groups is 20. The Morgan fingerprint density at radius 3 is 0.894 bits per heavy atom. The van der Waals surface area contributed by atoms with Gasteiger partial charge in [-0.15, -0.1) is 0 Å². The van der Waals surface area contributed by atoms with Crippen LogP contribution in [0.5, 0.6) is 0 Å². The molecule has 0 heterocycles. The van der Waals surface area contributed by atoms with E-state index in [-0.39, 0.29) is 58.8 Å². The molecule has 0 spiro atoms. The number of hydrogen-bond acceptors (Lipinski definition) is 24. The topological polar surface area (TPSA) is 752 Å². The van der Waals surface area contributed by atoms with Gasteiger partial charge in [0.15, 0.2) is 0 Å². The Balaban J connectivity index is 0.000000887. The van der Waals surface area contributed by atoms with Crippen LogP contribution in [0.4, 0.5) is 0 Å². The van der Waals surface area contributed by atoms with Crippen molar-refractivity contribution in [3.8, 4) is 0 Å². The minimum Gasteiger partial charge on any atom is -0.481 e. The van der Waals surface area contributed by atoms with Gasteiger partial charge < -0.3 is 128 Å². The molecule has 44 heteroatoms. The van der Waals surface area contributed by atoms with E-state index in [1.165, 1.54) is 20.8 Å². The van der Waals surface area contributed by atoms with Gasteiger partial charge in [0.2, 0.25) is 82.7 Å². The van der Waals surface area contributed by atoms with Crippen molar-refractivity contribution in [3.63, 3.8) is 0 Å². The fraction of sp³-hybridized carbons (Fsp3) is 0.500. The lowest BCUT2D eigenvalue weighted by Crippen LogP contribution is -2.59. The van der Waals surface area contributed by atoms with Gasteiger partial charge in [-0.3, -0.25) is 86.3 Å². The quantitative estimate of drug-likeness (QED) is 0.0214. The molecular weight excluding hydrogens is 1730 g/mol. The number of amides is 14. The second kappa shape index (κ2) is 58.6. The summed E-state index contributed by atoms with van der Waals surface area (Å²) >= 11 is 0. The number of carbonyl (C=O) groups excluding carboxylic acids is 14. The summed E-state index contributed by atoms with van der Waals surface area (Å²) in [6, 6.07) is 14.8. The number of benzene rings is 4. The highest BCUT2D eigenvalue weighted by molar-refractivity contribution is 5.98. The van der Waals surface area contributed by atoms with Crippen molar-refractivity contribution in [2.24, 2.45) is 40.7 Å². The molecule has 28 N–H and O–H groups in total. The first-order valence-corrected chi connectivity index (χ1v) is 42.1. The van der Waals surface area contributed by atoms with E-state index in [0.29, 0.717) is 22.3 Å². The van der Waals surface area contributed by atoms with Gasteiger partial charge in [0, 0.05) is 50.9 Å². The Labute approximate surface area is 762 Å². The zero-order chi connectivity index (χ0) is 98.5. The number of hydrogen-bond donors (Lipinski definition) is 24. The highest BCUT2D eigenvalue weighted by Gasteiger charge is 2.39. The molecule has 4 aromatic carbocycles. The average Bonchev–Trinajstić information content (AvgIpc) is 0.815. The predicted molar refractivity (Wildman–Crippen MR) is 473 cm³/mol. The molecule has 17 atom stereocenters. The third kappa shape index (κ3) is 44.0. The molecule has 132 heavy (non-hydrogen) atoms. The Kier molecular flexibility index (Phi) is 50.7. The van der Waals surface area contributed by atoms with Crippen LogP contribution in [-0.4, -0.2) is 256 Å². The fourth-order valence-electron chi connectivity index (χ4n) is 12.8. The molecular formula is C88H126N16O28. The molecule has 0 bridgehead atoms. The molecule has 0 unspecified atom stereocenters. The van der Waals surface area contributed by atoms with E-state index in [4.69, 9.17) is 33.1 Å². The van der Waals surface area contributed by atoms with Gasteiger partial charge in [0.25, 0.3) is 0 Å². The molecule has 4 rings (SSSR count). The zero-order valence-electron chi connectivity index (χ0n) is 73.6. The normalized spacial score (nSPS) is 14.8. The van der Waals surface area contributed by atoms with Crippen molar-refractivity contribution in [1.82, 2.24) is 63.8 Å². The molecule has 0 saturated carbocycles. The summed E-state index contributed by atoms with van der Waals surface area (Å²) in [4.78, 5) is 252. The SMILES string of the molecule is C.CC(C)[C@H](NC(=O)[C@@H](N)CCC(=O)O)C(=O)N[C@@H](CC(N)=O)C(=O)N[C@@H](Cc1ccccc1)[C@@H](O)CCC(=O)N[C@@H](C)C(=O)N[C@@H](CCC(=O)O)C(=O)N[C@@H](Cc1ccccc1)C(=O)O.CC(C)[C@H](NC(=O)[C@@H](N)CCC(=O)O)C(=O)N[C@@H](CC(N)=O)C(=O)N[C@@H](Cc1ccccc1)[C@@H](O)C[C@@H](C)C(=O)N[C@@H](C)C(=O)N[C@@H](CCC(=O)O)C(=O)N[C@@H](Cc1ccccc1)C(=O)O. The molecule has 0 aliphatic carbocycles. The molecule has 0 aromatic heterocycles. The third-order valence-electron chi connectivity index (χ3n) is 20.4. The number of aliphatic carboxylic acids is 6. The second-order valence-corrected chi connectivity index (χ2v) is 32.1. The van der Waals surface area contributed by atoms with Crippen molar-refractivity contribution < 1.29 is 137 Å². The maximum Gasteiger partial charge on any atom is 0.326 e. The number of aliphatic hydroxyl groups is 2. The Bertz CT molecular complexity index is 4540. The first kappa shape index (κ1) is 114. The molecule has 0 fully saturated rings. The number of nitrogens with two attached hydrogens (primary N) is 4. The average molecular weight is 1860 g/mol. The number of nitrogens with one attached hydrogen (secondary N) is 12. The van der Waals surface area contributed by atoms with Crippen molar-refractivity contribution in [2.45, 2.75) is 262 Å². The zero-order valence-corrected chi connectivity index (χ0v) is 73.6. The van der Waals surface area contributed by atoms with Gasteiger partial charge in [-0.25, -0.2) is 9.59 Å². The first-order valence-electron chi connectivity index (χ1n) is 42.1. The molecule has 14 amide bonds. The Hall–Kier alpha value is -13.9. The van der Waals surface area contributed by atoms with Crippen LogP contribution in [0.1, 0.15) is 162 Å². The van der Waals surface area contributed by atoms with Crippen molar-refractivity contribution in [1.29, 1.82) is 0 Å². The standard InChI is InChI=1S/C44H62N8O14.C43H60N8O14.CH4/c1-23(2)37(52-40(61)28(45)15-17-35(55)56)43(64)50-31(22-34(46)54)42(63)49-30(20-26-11-7-5-8-12-26)33(53)19-24(3)38(59)47-25(4)39(60)48-29(16-18-36(57)58)41(62)51-32(44(65)66)21-27-13-9-6-10-14-27;1-23(2)37(51-39(60)27(44)14-18-35(55)56)42(63)49-30(22-33(45)53)41(62)48-29(20-25-10-6-4-7-11-25)32(52)16-17-34(54)46-24(3)38(59)47-28(15-19-36(57)58)40(61)50-31(43(64)65)21-26-12-8-5-9-13-26;/h5-14,23-25,28-33,37,53H,15-22,45H2,1-4H3,(H2,46,54)(H,47,59)(H,48,60)(H,49,63)(H,50,64)(H,51,62)(H,52,61)(H,55,56)(H,57,58)(H,65,66);4-13,23-24,27-32,37,52H,14-22,44H2,1-3H3,(H2,45,53)(H,46,54)(H,47,59)(H,48,62)(H,49,63)(H,50,61)(H,51,60)(H,55,56)(H,57,58)(H,64,65);1H4/t24-,25+,28+,29+,30+,31+,32+,33+,37+;24-,27-,28-,29-,30-,31-,32-,37-;/m10./s1. The van der Waals surface area contributed by atoms with E-state index < -0.39 is 291 Å². The van der Waals surface area contributed by atoms with E-state index in [2.05, 4.69) is 63.8 Å². The highest BCUT2D eigenvalue weighted by Crippen LogP contribution is 2.19. The summed E-state index contributed by atoms with van der Waals surface area (Å²) < 4.78 is 0. The van der Waals surface area contributed by atoms with Gasteiger partial charge in [-0.05, 0) is 99.3 Å². The number of rotatable bonds is 58. The number of primary amides is 2. The fourth-order valence-corrected chi connectivity index (χ4v) is 12.8. The molecule has 0 saturated heterocycles. The molecule has 44 nitrogen and oxygen atoms in total. The monoisotopic (exact) mass is 1850 g/mol. The number of carboxylic acids is 6. The maximum absolute atomic E-state index is 13.8. The van der Waals surface area contributed by atoms with E-state index in [9.17, 15) is 127 Å². The van der Waals surface area contributed by atoms with Gasteiger partial charge in [0.1, 0.15) is 60.4 Å². The lowest BCUT2D eigenvalue weighted by atomic mass is 9.93. The summed E-state index contributed by atoms with van der Waals surface area (Å²) in [6.45, 7) is 10.3. The molecule has 4 aromatic rings. The van der Waals surface area contributed by atoms with E-state index in [1.807, 2.05) is 0 Å². The summed E-state index contributed by atoms with van der Waals surface area (Å²) in [7, 11) is 0. The van der Waals surface area contributed by atoms with Crippen molar-refractivity contribution in [2.75, 3.05) is 0 Å². The minimum atomic E-state index is -1.61. The smallest absolute Gasteiger partial charge is 0.326 e. The maximum atomic E-state index is 13.8. The number of carboxylic acid groups (broad SMARTS) is 6. The van der Waals surface area contributed by atoms with Crippen molar-refractivity contribution >= 4 is 119 Å². The van der Waals surface area contributed by atoms with Gasteiger partial charge in [0.05, 0.1) is 49.2 Å². The van der Waals surface area contributed by atoms with Crippen LogP contribution in [0.3, 0.4) is 0 Å². The minimum absolute atomic E-state index is 0. The number of aliphatic hydroxyl groups excluding tert-OH is 2. The van der Waals surface area contributed by atoms with Gasteiger partial charge in [-0.1, -0.05) is 163 Å². The molecule has 0 radical (unpaired) electrons. The summed E-state index contributed by atoms with van der Waals surface area (Å²) in [5.74, 6) is -22.4. The lowest BCUT2D eigenvalue weighted by molar-refractivity contribution is -0.143. The van der Waals surface area contributed by atoms with E-state index in [0.717, 1.165) is 0 Å². The Morgan fingerprint density at radius 2 is 0.583 bits per heavy atom. The summed E-state index contributed by atoms with van der Waals surface area (Å²) in [5.41, 5.74) is 24.9. The van der Waals surface area contributed by atoms with Gasteiger partial charge in [-0.2, -0.15) is 0 Å². The highest BCUT2D eigenvalue weighted by atomic mass is 16.4. The second-order valence-electron chi connectivity index (χ2n) is 32.1. The predicted octanol–water partition coefficient (Wildman–Crippen LogP) is -2.69.